The van der Waals surface area contributed by atoms with Gasteiger partial charge < -0.3 is 19.4 Å². The van der Waals surface area contributed by atoms with Crippen LogP contribution in [-0.2, 0) is 14.1 Å². The monoisotopic (exact) mass is 305 g/mol. The molecule has 1 unspecified atom stereocenters. The van der Waals surface area contributed by atoms with Crippen molar-refractivity contribution >= 4 is 18.5 Å². The number of amides is 1. The van der Waals surface area contributed by atoms with Gasteiger partial charge in [0.2, 0.25) is 0 Å². The molecule has 1 heterocycles. The van der Waals surface area contributed by atoms with Gasteiger partial charge in [0.15, 0.2) is 6.10 Å². The number of rotatable bonds is 4. The van der Waals surface area contributed by atoms with Gasteiger partial charge in [0.25, 0.3) is 5.91 Å². The molecular formula is C16H24BNO4. The zero-order valence-corrected chi connectivity index (χ0v) is 14.1. The van der Waals surface area contributed by atoms with Crippen LogP contribution >= 0.6 is 0 Å². The SMILES string of the molecule is CNC(=O)C(C)Oc1ccc(B2OC(C)(C)C(C)(C)O2)cc1. The Bertz CT molecular complexity index is 526. The molecule has 22 heavy (non-hydrogen) atoms. The molecule has 1 atom stereocenters. The topological polar surface area (TPSA) is 56.8 Å². The summed E-state index contributed by atoms with van der Waals surface area (Å²) in [5, 5.41) is 2.56. The van der Waals surface area contributed by atoms with Gasteiger partial charge in [-0.25, -0.2) is 0 Å². The Morgan fingerprint density at radius 3 is 2.09 bits per heavy atom. The summed E-state index contributed by atoms with van der Waals surface area (Å²) in [5.74, 6) is 0.478. The number of hydrogen-bond donors (Lipinski definition) is 1. The molecule has 1 aromatic rings. The fourth-order valence-corrected chi connectivity index (χ4v) is 2.14. The molecule has 0 aromatic heterocycles. The lowest BCUT2D eigenvalue weighted by Gasteiger charge is -2.32. The number of likely N-dealkylation sites (N-methyl/N-ethyl adjacent to an activating group) is 1. The van der Waals surface area contributed by atoms with Gasteiger partial charge in [-0.05, 0) is 52.2 Å². The molecule has 5 nitrogen and oxygen atoms in total. The maximum atomic E-state index is 11.5. The van der Waals surface area contributed by atoms with E-state index in [-0.39, 0.29) is 17.1 Å². The number of carbonyl (C=O) groups is 1. The second-order valence-corrected chi connectivity index (χ2v) is 6.53. The molecule has 0 bridgehead atoms. The van der Waals surface area contributed by atoms with Gasteiger partial charge in [-0.1, -0.05) is 12.1 Å². The number of ether oxygens (including phenoxy) is 1. The summed E-state index contributed by atoms with van der Waals surface area (Å²) in [5.41, 5.74) is 0.208. The maximum absolute atomic E-state index is 11.5. The third-order valence-corrected chi connectivity index (χ3v) is 4.33. The van der Waals surface area contributed by atoms with Crippen molar-refractivity contribution in [2.75, 3.05) is 7.05 Å². The third-order valence-electron chi connectivity index (χ3n) is 4.33. The number of benzene rings is 1. The van der Waals surface area contributed by atoms with Crippen LogP contribution in [0.4, 0.5) is 0 Å². The molecule has 6 heteroatoms. The second-order valence-electron chi connectivity index (χ2n) is 6.53. The standard InChI is InChI=1S/C16H24BNO4/c1-11(14(19)18-6)20-13-9-7-12(8-10-13)17-21-15(2,3)16(4,5)22-17/h7-11H,1-6H3,(H,18,19). The smallest absolute Gasteiger partial charge is 0.481 e. The van der Waals surface area contributed by atoms with E-state index in [0.717, 1.165) is 5.46 Å². The molecule has 2 rings (SSSR count). The summed E-state index contributed by atoms with van der Waals surface area (Å²) in [7, 11) is 1.19. The van der Waals surface area contributed by atoms with Gasteiger partial charge in [0, 0.05) is 7.05 Å². The Morgan fingerprint density at radius 2 is 1.64 bits per heavy atom. The Morgan fingerprint density at radius 1 is 1.14 bits per heavy atom. The van der Waals surface area contributed by atoms with Gasteiger partial charge >= 0.3 is 7.12 Å². The molecule has 0 aliphatic carbocycles. The molecule has 1 aromatic carbocycles. The minimum Gasteiger partial charge on any atom is -0.481 e. The van der Waals surface area contributed by atoms with Crippen molar-refractivity contribution in [2.24, 2.45) is 0 Å². The van der Waals surface area contributed by atoms with Crippen molar-refractivity contribution < 1.29 is 18.8 Å². The van der Waals surface area contributed by atoms with Crippen molar-refractivity contribution in [2.45, 2.75) is 51.9 Å². The quantitative estimate of drug-likeness (QED) is 0.857. The van der Waals surface area contributed by atoms with Crippen LogP contribution in [-0.4, -0.2) is 37.4 Å². The first-order valence-corrected chi connectivity index (χ1v) is 7.50. The van der Waals surface area contributed by atoms with Crippen LogP contribution in [0.2, 0.25) is 0 Å². The molecule has 0 saturated carbocycles. The molecule has 0 spiro atoms. The molecule has 1 aliphatic rings. The largest absolute Gasteiger partial charge is 0.494 e. The highest BCUT2D eigenvalue weighted by molar-refractivity contribution is 6.62. The Hall–Kier alpha value is -1.53. The first-order valence-electron chi connectivity index (χ1n) is 7.50. The van der Waals surface area contributed by atoms with Crippen LogP contribution in [0.1, 0.15) is 34.6 Å². The number of hydrogen-bond acceptors (Lipinski definition) is 4. The first kappa shape index (κ1) is 16.8. The van der Waals surface area contributed by atoms with Crippen LogP contribution < -0.4 is 15.5 Å². The minimum absolute atomic E-state index is 0.157. The fourth-order valence-electron chi connectivity index (χ4n) is 2.14. The van der Waals surface area contributed by atoms with E-state index in [1.165, 1.54) is 0 Å². The summed E-state index contributed by atoms with van der Waals surface area (Å²) in [6, 6.07) is 7.43. The number of carbonyl (C=O) groups excluding carboxylic acids is 1. The number of nitrogens with one attached hydrogen (secondary N) is 1. The Labute approximate surface area is 132 Å². The van der Waals surface area contributed by atoms with E-state index in [1.807, 2.05) is 52.0 Å². The van der Waals surface area contributed by atoms with E-state index in [1.54, 1.807) is 14.0 Å². The van der Waals surface area contributed by atoms with Gasteiger partial charge in [0.1, 0.15) is 5.75 Å². The van der Waals surface area contributed by atoms with Gasteiger partial charge in [0.05, 0.1) is 11.2 Å². The van der Waals surface area contributed by atoms with Crippen LogP contribution in [0.3, 0.4) is 0 Å². The summed E-state index contributed by atoms with van der Waals surface area (Å²) in [4.78, 5) is 11.5. The fraction of sp³-hybridized carbons (Fsp3) is 0.562. The van der Waals surface area contributed by atoms with Crippen molar-refractivity contribution in [1.29, 1.82) is 0 Å². The van der Waals surface area contributed by atoms with E-state index in [9.17, 15) is 4.79 Å². The lowest BCUT2D eigenvalue weighted by molar-refractivity contribution is -0.126. The van der Waals surface area contributed by atoms with E-state index < -0.39 is 13.2 Å². The summed E-state index contributed by atoms with van der Waals surface area (Å²) in [6.07, 6.45) is -0.535. The van der Waals surface area contributed by atoms with Crippen LogP contribution in [0.15, 0.2) is 24.3 Å². The summed E-state index contributed by atoms with van der Waals surface area (Å²) < 4.78 is 17.6. The van der Waals surface area contributed by atoms with Gasteiger partial charge in [-0.3, -0.25) is 4.79 Å². The van der Waals surface area contributed by atoms with Crippen molar-refractivity contribution in [3.8, 4) is 5.75 Å². The molecule has 1 fully saturated rings. The Balaban J connectivity index is 2.06. The maximum Gasteiger partial charge on any atom is 0.494 e. The lowest BCUT2D eigenvalue weighted by Crippen LogP contribution is -2.41. The van der Waals surface area contributed by atoms with Crippen molar-refractivity contribution in [3.63, 3.8) is 0 Å². The second kappa shape index (κ2) is 5.93. The van der Waals surface area contributed by atoms with Crippen molar-refractivity contribution in [1.82, 2.24) is 5.32 Å². The van der Waals surface area contributed by atoms with Crippen LogP contribution in [0.25, 0.3) is 0 Å². The highest BCUT2D eigenvalue weighted by Crippen LogP contribution is 2.36. The molecule has 1 amide bonds. The highest BCUT2D eigenvalue weighted by Gasteiger charge is 2.51. The normalized spacial score (nSPS) is 20.5. The first-order chi connectivity index (χ1) is 10.2. The predicted octanol–water partition coefficient (Wildman–Crippen LogP) is 1.50. The molecule has 120 valence electrons. The van der Waals surface area contributed by atoms with Gasteiger partial charge in [-0.15, -0.1) is 0 Å². The lowest BCUT2D eigenvalue weighted by atomic mass is 9.79. The van der Waals surface area contributed by atoms with Gasteiger partial charge in [-0.2, -0.15) is 0 Å². The minimum atomic E-state index is -0.535. The van der Waals surface area contributed by atoms with E-state index >= 15 is 0 Å². The zero-order valence-electron chi connectivity index (χ0n) is 14.1. The third kappa shape index (κ3) is 3.28. The summed E-state index contributed by atoms with van der Waals surface area (Å²) in [6.45, 7) is 9.80. The van der Waals surface area contributed by atoms with E-state index in [2.05, 4.69) is 5.32 Å². The van der Waals surface area contributed by atoms with Crippen LogP contribution in [0, 0.1) is 0 Å². The van der Waals surface area contributed by atoms with E-state index in [0.29, 0.717) is 5.75 Å². The molecule has 1 N–H and O–H groups in total. The molecule has 1 aliphatic heterocycles. The molecule has 1 saturated heterocycles. The average Bonchev–Trinajstić information content (AvgIpc) is 2.67. The molecule has 0 radical (unpaired) electrons. The average molecular weight is 305 g/mol. The zero-order chi connectivity index (χ0) is 16.5. The van der Waals surface area contributed by atoms with Crippen LogP contribution in [0.5, 0.6) is 5.75 Å². The Kier molecular flexibility index (Phi) is 4.54. The summed E-state index contributed by atoms with van der Waals surface area (Å²) >= 11 is 0. The van der Waals surface area contributed by atoms with E-state index in [4.69, 9.17) is 14.0 Å². The predicted molar refractivity (Wildman–Crippen MR) is 86.3 cm³/mol. The molecular weight excluding hydrogens is 281 g/mol. The highest BCUT2D eigenvalue weighted by atomic mass is 16.7. The van der Waals surface area contributed by atoms with Crippen molar-refractivity contribution in [3.05, 3.63) is 24.3 Å².